The number of para-hydroxylation sites is 2. The minimum Gasteiger partial charge on any atom is -0.495 e. The molecule has 0 radical (unpaired) electrons. The van der Waals surface area contributed by atoms with Crippen LogP contribution >= 0.6 is 34.4 Å². The van der Waals surface area contributed by atoms with E-state index in [0.29, 0.717) is 33.6 Å². The van der Waals surface area contributed by atoms with E-state index in [0.717, 1.165) is 10.4 Å². The summed E-state index contributed by atoms with van der Waals surface area (Å²) < 4.78 is 9.40. The molecule has 32 heavy (non-hydrogen) atoms. The number of methoxy groups -OCH3 is 1. The van der Waals surface area contributed by atoms with Crippen LogP contribution in [0.3, 0.4) is 0 Å². The first kappa shape index (κ1) is 20.7. The molecule has 1 amide bonds. The van der Waals surface area contributed by atoms with Crippen molar-refractivity contribution in [3.63, 3.8) is 0 Å². The third-order valence-corrected chi connectivity index (χ3v) is 7.47. The molecule has 5 aromatic rings. The normalized spacial score (nSPS) is 11.3. The largest absolute Gasteiger partial charge is 0.495 e. The highest BCUT2D eigenvalue weighted by Crippen LogP contribution is 2.26. The van der Waals surface area contributed by atoms with Gasteiger partial charge in [-0.3, -0.25) is 18.6 Å². The Bertz CT molecular complexity index is 1470. The predicted molar refractivity (Wildman–Crippen MR) is 128 cm³/mol. The highest BCUT2D eigenvalue weighted by molar-refractivity contribution is 7.99. The Morgan fingerprint density at radius 3 is 2.81 bits per heavy atom. The second-order valence-corrected chi connectivity index (χ2v) is 9.65. The van der Waals surface area contributed by atoms with Crippen LogP contribution in [0.5, 0.6) is 5.75 Å². The molecular formula is C21H17N5O3S3. The molecule has 4 heterocycles. The number of rotatable bonds is 7. The van der Waals surface area contributed by atoms with Crippen LogP contribution in [0.4, 0.5) is 5.69 Å². The van der Waals surface area contributed by atoms with E-state index in [9.17, 15) is 9.59 Å². The molecular weight excluding hydrogens is 466 g/mol. The average molecular weight is 484 g/mol. The molecule has 0 fully saturated rings. The molecule has 5 rings (SSSR count). The first-order chi connectivity index (χ1) is 15.7. The first-order valence-corrected chi connectivity index (χ1v) is 12.3. The van der Waals surface area contributed by atoms with Gasteiger partial charge < -0.3 is 10.1 Å². The van der Waals surface area contributed by atoms with Crippen molar-refractivity contribution in [1.29, 1.82) is 0 Å². The van der Waals surface area contributed by atoms with Crippen molar-refractivity contribution in [3.8, 4) is 5.75 Å². The lowest BCUT2D eigenvalue weighted by atomic mass is 10.3. The lowest BCUT2D eigenvalue weighted by molar-refractivity contribution is -0.113. The van der Waals surface area contributed by atoms with Gasteiger partial charge in [0.15, 0.2) is 5.16 Å². The van der Waals surface area contributed by atoms with Crippen LogP contribution in [-0.4, -0.2) is 37.9 Å². The van der Waals surface area contributed by atoms with Gasteiger partial charge in [0.25, 0.3) is 5.56 Å². The highest BCUT2D eigenvalue weighted by Gasteiger charge is 2.19. The number of fused-ring (bicyclic) bond motifs is 3. The zero-order chi connectivity index (χ0) is 22.1. The Balaban J connectivity index is 1.45. The molecule has 0 unspecified atom stereocenters. The van der Waals surface area contributed by atoms with Gasteiger partial charge in [0.05, 0.1) is 30.6 Å². The van der Waals surface area contributed by atoms with Gasteiger partial charge in [-0.1, -0.05) is 30.0 Å². The lowest BCUT2D eigenvalue weighted by Gasteiger charge is -2.10. The molecule has 0 saturated heterocycles. The van der Waals surface area contributed by atoms with Crippen molar-refractivity contribution >= 4 is 62.0 Å². The fourth-order valence-corrected chi connectivity index (χ4v) is 5.62. The Kier molecular flexibility index (Phi) is 5.68. The van der Waals surface area contributed by atoms with Gasteiger partial charge in [0, 0.05) is 4.88 Å². The van der Waals surface area contributed by atoms with Crippen LogP contribution in [0, 0.1) is 0 Å². The zero-order valence-electron chi connectivity index (χ0n) is 16.8. The second kappa shape index (κ2) is 8.77. The SMILES string of the molecule is COc1ccccc1NC(=O)CSc1nnc2n(Cc3cccs3)c(=O)c3sccc3n12. The van der Waals surface area contributed by atoms with E-state index >= 15 is 0 Å². The van der Waals surface area contributed by atoms with E-state index in [-0.39, 0.29) is 17.2 Å². The van der Waals surface area contributed by atoms with Crippen LogP contribution < -0.4 is 15.6 Å². The van der Waals surface area contributed by atoms with Crippen molar-refractivity contribution in [3.05, 3.63) is 68.5 Å². The molecule has 0 aliphatic heterocycles. The second-order valence-electron chi connectivity index (χ2n) is 6.76. The van der Waals surface area contributed by atoms with Gasteiger partial charge in [-0.05, 0) is 35.0 Å². The van der Waals surface area contributed by atoms with Gasteiger partial charge in [-0.25, -0.2) is 0 Å². The van der Waals surface area contributed by atoms with E-state index in [1.807, 2.05) is 45.5 Å². The van der Waals surface area contributed by atoms with E-state index in [1.165, 1.54) is 23.1 Å². The summed E-state index contributed by atoms with van der Waals surface area (Å²) in [5.74, 6) is 0.997. The Morgan fingerprint density at radius 2 is 2.00 bits per heavy atom. The molecule has 0 spiro atoms. The number of thioether (sulfide) groups is 1. The Morgan fingerprint density at radius 1 is 1.12 bits per heavy atom. The zero-order valence-corrected chi connectivity index (χ0v) is 19.3. The van der Waals surface area contributed by atoms with Gasteiger partial charge in [0.1, 0.15) is 10.4 Å². The van der Waals surface area contributed by atoms with Crippen molar-refractivity contribution in [2.75, 3.05) is 18.2 Å². The lowest BCUT2D eigenvalue weighted by Crippen LogP contribution is -2.22. The number of nitrogens with one attached hydrogen (secondary N) is 1. The van der Waals surface area contributed by atoms with E-state index in [2.05, 4.69) is 15.5 Å². The molecule has 162 valence electrons. The summed E-state index contributed by atoms with van der Waals surface area (Å²) in [6, 6.07) is 13.1. The van der Waals surface area contributed by atoms with Crippen LogP contribution in [0.2, 0.25) is 0 Å². The fraction of sp³-hybridized carbons (Fsp3) is 0.143. The third-order valence-electron chi connectivity index (χ3n) is 4.79. The number of anilines is 1. The molecule has 0 saturated carbocycles. The molecule has 1 N–H and O–H groups in total. The van der Waals surface area contributed by atoms with Crippen molar-refractivity contribution in [1.82, 2.24) is 19.2 Å². The van der Waals surface area contributed by atoms with Crippen LogP contribution in [0.15, 0.2) is 63.2 Å². The van der Waals surface area contributed by atoms with Gasteiger partial charge in [-0.15, -0.1) is 32.9 Å². The third kappa shape index (κ3) is 3.78. The number of aromatic nitrogens is 4. The van der Waals surface area contributed by atoms with Crippen LogP contribution in [0.25, 0.3) is 16.0 Å². The maximum Gasteiger partial charge on any atom is 0.273 e. The van der Waals surface area contributed by atoms with Crippen LogP contribution in [-0.2, 0) is 11.3 Å². The number of nitrogens with zero attached hydrogens (tertiary/aromatic N) is 4. The minimum absolute atomic E-state index is 0.0891. The maximum absolute atomic E-state index is 13.1. The van der Waals surface area contributed by atoms with Gasteiger partial charge in [0.2, 0.25) is 11.7 Å². The number of amides is 1. The molecule has 11 heteroatoms. The molecule has 0 aliphatic carbocycles. The molecule has 0 atom stereocenters. The molecule has 0 aliphatic rings. The number of benzene rings is 1. The number of hydrogen-bond acceptors (Lipinski definition) is 8. The van der Waals surface area contributed by atoms with Gasteiger partial charge in [-0.2, -0.15) is 0 Å². The number of carbonyl (C=O) groups is 1. The topological polar surface area (TPSA) is 90.5 Å². The quantitative estimate of drug-likeness (QED) is 0.353. The van der Waals surface area contributed by atoms with Crippen molar-refractivity contribution in [2.45, 2.75) is 11.7 Å². The van der Waals surface area contributed by atoms with E-state index in [1.54, 1.807) is 35.1 Å². The van der Waals surface area contributed by atoms with Gasteiger partial charge >= 0.3 is 0 Å². The molecule has 0 bridgehead atoms. The number of carbonyl (C=O) groups excluding carboxylic acids is 1. The standard InChI is InChI=1S/C21H17N5O3S3/c1-29-16-7-3-2-6-14(16)22-17(27)12-32-21-24-23-20-25(11-13-5-4-9-30-13)19(28)18-15(26(20)21)8-10-31-18/h2-10H,11-12H2,1H3,(H,22,27). The summed E-state index contributed by atoms with van der Waals surface area (Å²) in [7, 11) is 1.56. The molecule has 1 aromatic carbocycles. The summed E-state index contributed by atoms with van der Waals surface area (Å²) in [5, 5.41) is 15.9. The van der Waals surface area contributed by atoms with Crippen LogP contribution in [0.1, 0.15) is 4.88 Å². The Labute approximate surface area is 194 Å². The molecule has 8 nitrogen and oxygen atoms in total. The summed E-state index contributed by atoms with van der Waals surface area (Å²) in [6.45, 7) is 0.422. The summed E-state index contributed by atoms with van der Waals surface area (Å²) >= 11 is 4.24. The minimum atomic E-state index is -0.190. The monoisotopic (exact) mass is 483 g/mol. The fourth-order valence-electron chi connectivity index (χ4n) is 3.36. The number of ether oxygens (including phenoxy) is 1. The predicted octanol–water partition coefficient (Wildman–Crippen LogP) is 3.95. The van der Waals surface area contributed by atoms with Crippen molar-refractivity contribution < 1.29 is 9.53 Å². The summed E-state index contributed by atoms with van der Waals surface area (Å²) in [6.07, 6.45) is 0. The number of thiophene rings is 2. The summed E-state index contributed by atoms with van der Waals surface area (Å²) in [5.41, 5.74) is 1.26. The Hall–Kier alpha value is -3.15. The maximum atomic E-state index is 13.1. The average Bonchev–Trinajstić information content (AvgIpc) is 3.56. The number of hydrogen-bond donors (Lipinski definition) is 1. The smallest absolute Gasteiger partial charge is 0.273 e. The molecule has 4 aromatic heterocycles. The van der Waals surface area contributed by atoms with E-state index < -0.39 is 0 Å². The van der Waals surface area contributed by atoms with E-state index in [4.69, 9.17) is 4.74 Å². The summed E-state index contributed by atoms with van der Waals surface area (Å²) in [4.78, 5) is 26.7. The van der Waals surface area contributed by atoms with Crippen molar-refractivity contribution in [2.24, 2.45) is 0 Å². The first-order valence-electron chi connectivity index (χ1n) is 9.59. The highest BCUT2D eigenvalue weighted by atomic mass is 32.2.